The topological polar surface area (TPSA) is 87.1 Å². The first-order valence-corrected chi connectivity index (χ1v) is 12.0. The van der Waals surface area contributed by atoms with Gasteiger partial charge in [0.2, 0.25) is 0 Å². The van der Waals surface area contributed by atoms with Crippen LogP contribution in [0.1, 0.15) is 72.6 Å². The molecular weight excluding hydrogens is 404 g/mol. The quantitative estimate of drug-likeness (QED) is 0.728. The van der Waals surface area contributed by atoms with Crippen molar-refractivity contribution >= 4 is 5.91 Å². The van der Waals surface area contributed by atoms with Crippen LogP contribution in [0.15, 0.2) is 29.2 Å². The van der Waals surface area contributed by atoms with Crippen LogP contribution < -0.4 is 5.56 Å². The molecule has 0 bridgehead atoms. The molecule has 1 fully saturated rings. The fraction of sp³-hybridized carbons (Fsp3) is 0.583. The molecule has 2 aliphatic heterocycles. The number of rotatable bonds is 5. The van der Waals surface area contributed by atoms with Crippen LogP contribution in [0.3, 0.4) is 0 Å². The van der Waals surface area contributed by atoms with Crippen molar-refractivity contribution in [2.24, 2.45) is 5.92 Å². The molecular formula is C24H32N6O2. The first-order valence-electron chi connectivity index (χ1n) is 12.0. The van der Waals surface area contributed by atoms with Crippen LogP contribution in [-0.4, -0.2) is 55.1 Å². The van der Waals surface area contributed by atoms with Gasteiger partial charge in [0.05, 0.1) is 23.8 Å². The van der Waals surface area contributed by atoms with Gasteiger partial charge >= 0.3 is 0 Å². The fourth-order valence-electron chi connectivity index (χ4n) is 5.41. The lowest BCUT2D eigenvalue weighted by molar-refractivity contribution is 0.0719. The Morgan fingerprint density at radius 1 is 1.25 bits per heavy atom. The van der Waals surface area contributed by atoms with Gasteiger partial charge in [0.15, 0.2) is 0 Å². The summed E-state index contributed by atoms with van der Waals surface area (Å²) in [5.41, 5.74) is 1.94. The number of aryl methyl sites for hydroxylation is 1. The Bertz CT molecular complexity index is 1070. The van der Waals surface area contributed by atoms with Crippen LogP contribution in [0.2, 0.25) is 0 Å². The minimum Gasteiger partial charge on any atom is -0.332 e. The minimum atomic E-state index is -0.0982. The average molecular weight is 437 g/mol. The Morgan fingerprint density at radius 2 is 2.16 bits per heavy atom. The summed E-state index contributed by atoms with van der Waals surface area (Å²) in [5, 5.41) is 4.20. The maximum absolute atomic E-state index is 13.0. The van der Waals surface area contributed by atoms with E-state index in [0.717, 1.165) is 43.9 Å². The van der Waals surface area contributed by atoms with Crippen LogP contribution in [0.25, 0.3) is 0 Å². The molecule has 0 radical (unpaired) electrons. The number of nitrogens with zero attached hydrogens (tertiary/aromatic N) is 5. The number of fused-ring (bicyclic) bond motifs is 1. The lowest BCUT2D eigenvalue weighted by Crippen LogP contribution is -2.41. The van der Waals surface area contributed by atoms with Crippen molar-refractivity contribution in [1.29, 1.82) is 0 Å². The number of carbonyl (C=O) groups excluding carboxylic acids is 1. The smallest absolute Gasteiger partial charge is 0.272 e. The van der Waals surface area contributed by atoms with Crippen molar-refractivity contribution in [3.8, 4) is 0 Å². The highest BCUT2D eigenvalue weighted by Crippen LogP contribution is 2.32. The van der Waals surface area contributed by atoms with Gasteiger partial charge in [-0.2, -0.15) is 5.10 Å². The molecule has 4 heterocycles. The Hall–Kier alpha value is -2.74. The van der Waals surface area contributed by atoms with Gasteiger partial charge in [-0.15, -0.1) is 0 Å². The predicted octanol–water partition coefficient (Wildman–Crippen LogP) is 2.68. The summed E-state index contributed by atoms with van der Waals surface area (Å²) in [5.74, 6) is 1.42. The predicted molar refractivity (Wildman–Crippen MR) is 121 cm³/mol. The average Bonchev–Trinajstić information content (AvgIpc) is 3.48. The van der Waals surface area contributed by atoms with E-state index in [4.69, 9.17) is 4.98 Å². The van der Waals surface area contributed by atoms with E-state index in [9.17, 15) is 9.59 Å². The van der Waals surface area contributed by atoms with E-state index in [2.05, 4.69) is 27.1 Å². The van der Waals surface area contributed by atoms with Crippen molar-refractivity contribution in [2.75, 3.05) is 19.6 Å². The Morgan fingerprint density at radius 3 is 2.97 bits per heavy atom. The molecule has 0 spiro atoms. The molecule has 1 N–H and O–H groups in total. The highest BCUT2D eigenvalue weighted by Gasteiger charge is 2.32. The monoisotopic (exact) mass is 436 g/mol. The highest BCUT2D eigenvalue weighted by molar-refractivity contribution is 5.92. The molecule has 2 aromatic heterocycles. The van der Waals surface area contributed by atoms with Crippen LogP contribution in [0, 0.1) is 5.92 Å². The van der Waals surface area contributed by atoms with Gasteiger partial charge in [-0.25, -0.2) is 4.98 Å². The molecule has 1 amide bonds. The van der Waals surface area contributed by atoms with Crippen LogP contribution in [0.4, 0.5) is 0 Å². The summed E-state index contributed by atoms with van der Waals surface area (Å²) < 4.78 is 1.69. The fourth-order valence-corrected chi connectivity index (χ4v) is 5.41. The Balaban J connectivity index is 1.33. The van der Waals surface area contributed by atoms with E-state index < -0.39 is 0 Å². The summed E-state index contributed by atoms with van der Waals surface area (Å²) in [4.78, 5) is 38.3. The van der Waals surface area contributed by atoms with Gasteiger partial charge in [-0.05, 0) is 57.6 Å². The second-order valence-corrected chi connectivity index (χ2v) is 9.19. The van der Waals surface area contributed by atoms with E-state index in [-0.39, 0.29) is 17.5 Å². The van der Waals surface area contributed by atoms with Gasteiger partial charge in [-0.3, -0.25) is 19.2 Å². The zero-order valence-electron chi connectivity index (χ0n) is 18.8. The number of aromatic nitrogens is 4. The molecule has 2 aromatic rings. The van der Waals surface area contributed by atoms with E-state index >= 15 is 0 Å². The van der Waals surface area contributed by atoms with Crippen LogP contribution >= 0.6 is 0 Å². The van der Waals surface area contributed by atoms with Crippen molar-refractivity contribution in [2.45, 2.75) is 64.6 Å². The second kappa shape index (κ2) is 9.02. The highest BCUT2D eigenvalue weighted by atomic mass is 16.2. The van der Waals surface area contributed by atoms with Gasteiger partial charge in [0.1, 0.15) is 11.5 Å². The number of amides is 1. The zero-order chi connectivity index (χ0) is 22.1. The molecule has 0 aromatic carbocycles. The Labute approximate surface area is 188 Å². The summed E-state index contributed by atoms with van der Waals surface area (Å²) in [6.45, 7) is 5.61. The molecule has 1 aliphatic carbocycles. The maximum atomic E-state index is 13.0. The molecule has 32 heavy (non-hydrogen) atoms. The number of likely N-dealkylation sites (tertiary alicyclic amines) is 1. The molecule has 2 atom stereocenters. The zero-order valence-corrected chi connectivity index (χ0v) is 18.8. The van der Waals surface area contributed by atoms with E-state index in [1.807, 2.05) is 6.92 Å². The summed E-state index contributed by atoms with van der Waals surface area (Å²) in [6.07, 6.45) is 12.6. The third-order valence-corrected chi connectivity index (χ3v) is 7.16. The number of hydrogen-bond acceptors (Lipinski definition) is 5. The van der Waals surface area contributed by atoms with Crippen LogP contribution in [-0.2, 0) is 19.5 Å². The number of nitrogens with one attached hydrogen (secondary N) is 1. The third-order valence-electron chi connectivity index (χ3n) is 7.16. The number of allylic oxidation sites excluding steroid dienone is 2. The number of carbonyl (C=O) groups is 1. The second-order valence-electron chi connectivity index (χ2n) is 9.19. The van der Waals surface area contributed by atoms with Crippen molar-refractivity contribution < 1.29 is 4.79 Å². The summed E-state index contributed by atoms with van der Waals surface area (Å²) in [7, 11) is 0. The third kappa shape index (κ3) is 4.03. The molecule has 8 heteroatoms. The van der Waals surface area contributed by atoms with E-state index in [0.29, 0.717) is 43.2 Å². The molecule has 3 aliphatic rings. The Kier molecular flexibility index (Phi) is 5.95. The minimum absolute atomic E-state index is 0.0815. The molecule has 5 rings (SSSR count). The summed E-state index contributed by atoms with van der Waals surface area (Å²) >= 11 is 0. The number of hydrogen-bond donors (Lipinski definition) is 1. The van der Waals surface area contributed by atoms with Gasteiger partial charge in [0.25, 0.3) is 11.5 Å². The number of aromatic amines is 1. The lowest BCUT2D eigenvalue weighted by atomic mass is 9.93. The molecule has 1 saturated heterocycles. The van der Waals surface area contributed by atoms with Crippen molar-refractivity contribution in [1.82, 2.24) is 29.5 Å². The standard InChI is InChI=1S/C24H32N6O2/c1-2-30-21(10-12-25-30)24(32)29-14-11-19-18(16-29)23(31)27-22(26-19)20-9-6-13-28(20)15-17-7-4-3-5-8-17/h3-4,10,12,17,20H,2,5-9,11,13-16H2,1H3,(H,26,27,31). The first kappa shape index (κ1) is 21.1. The van der Waals surface area contributed by atoms with Crippen molar-refractivity contribution in [3.05, 3.63) is 57.5 Å². The normalized spacial score (nSPS) is 23.5. The molecule has 0 saturated carbocycles. The SMILES string of the molecule is CCn1nccc1C(=O)N1CCc2nc(C3CCCN3CC3CC=CCC3)[nH]c(=O)c2C1. The van der Waals surface area contributed by atoms with E-state index in [1.54, 1.807) is 21.8 Å². The molecule has 170 valence electrons. The molecule has 8 nitrogen and oxygen atoms in total. The largest absolute Gasteiger partial charge is 0.332 e. The van der Waals surface area contributed by atoms with Crippen LogP contribution in [0.5, 0.6) is 0 Å². The lowest BCUT2D eigenvalue weighted by Gasteiger charge is -2.31. The van der Waals surface area contributed by atoms with Crippen molar-refractivity contribution in [3.63, 3.8) is 0 Å². The maximum Gasteiger partial charge on any atom is 0.272 e. The van der Waals surface area contributed by atoms with Gasteiger partial charge in [-0.1, -0.05) is 12.2 Å². The van der Waals surface area contributed by atoms with Gasteiger partial charge in [0, 0.05) is 32.3 Å². The first-order chi connectivity index (χ1) is 15.6. The van der Waals surface area contributed by atoms with Gasteiger partial charge < -0.3 is 9.88 Å². The molecule has 2 unspecified atom stereocenters. The number of H-pyrrole nitrogens is 1. The van der Waals surface area contributed by atoms with E-state index in [1.165, 1.54) is 12.8 Å². The summed E-state index contributed by atoms with van der Waals surface area (Å²) in [6, 6.07) is 1.93.